The average Bonchev–Trinajstić information content (AvgIpc) is 2.89. The van der Waals surface area contributed by atoms with Crippen LogP contribution in [0.25, 0.3) is 10.2 Å². The fourth-order valence-electron chi connectivity index (χ4n) is 2.68. The zero-order chi connectivity index (χ0) is 17.5. The van der Waals surface area contributed by atoms with E-state index in [9.17, 15) is 18.0 Å². The maximum Gasteiger partial charge on any atom is 0.390 e. The minimum absolute atomic E-state index is 0.349. The molecule has 0 unspecified atom stereocenters. The molecular formula is C14H14ClF3N4OS. The molecule has 3 heterocycles. The van der Waals surface area contributed by atoms with Gasteiger partial charge in [-0.2, -0.15) is 13.2 Å². The zero-order valence-corrected chi connectivity index (χ0v) is 14.3. The molecule has 1 aliphatic heterocycles. The second kappa shape index (κ2) is 6.36. The van der Waals surface area contributed by atoms with Crippen molar-refractivity contribution < 1.29 is 18.0 Å². The van der Waals surface area contributed by atoms with Gasteiger partial charge >= 0.3 is 12.2 Å². The van der Waals surface area contributed by atoms with E-state index in [-0.39, 0.29) is 6.54 Å². The molecule has 0 aliphatic carbocycles. The van der Waals surface area contributed by atoms with Crippen molar-refractivity contribution in [2.75, 3.05) is 20.1 Å². The molecule has 130 valence electrons. The molecule has 3 rings (SSSR count). The van der Waals surface area contributed by atoms with Gasteiger partial charge in [0, 0.05) is 25.0 Å². The van der Waals surface area contributed by atoms with Gasteiger partial charge in [0.25, 0.3) is 0 Å². The highest BCUT2D eigenvalue weighted by Gasteiger charge is 2.31. The van der Waals surface area contributed by atoms with Crippen LogP contribution in [-0.2, 0) is 13.0 Å². The van der Waals surface area contributed by atoms with Crippen molar-refractivity contribution in [3.63, 3.8) is 0 Å². The van der Waals surface area contributed by atoms with E-state index < -0.39 is 18.6 Å². The number of alkyl halides is 3. The summed E-state index contributed by atoms with van der Waals surface area (Å²) in [6.45, 7) is 0.427. The lowest BCUT2D eigenvalue weighted by atomic mass is 10.1. The standard InChI is InChI=1S/C14H14ClF3N4OS/c1-21(5-3-14(16,17)18)13(23)22-4-2-8-9(6-22)24-12-10(8)11(15)19-7-20-12/h7H,2-6H2,1H3. The molecule has 1 aliphatic rings. The first kappa shape index (κ1) is 17.2. The van der Waals surface area contributed by atoms with Crippen LogP contribution < -0.4 is 0 Å². The molecule has 0 saturated carbocycles. The van der Waals surface area contributed by atoms with Gasteiger partial charge < -0.3 is 9.80 Å². The van der Waals surface area contributed by atoms with Crippen LogP contribution in [0.5, 0.6) is 0 Å². The molecule has 2 amide bonds. The summed E-state index contributed by atoms with van der Waals surface area (Å²) in [6, 6.07) is -0.403. The van der Waals surface area contributed by atoms with Crippen molar-refractivity contribution >= 4 is 39.2 Å². The first-order chi connectivity index (χ1) is 11.3. The highest BCUT2D eigenvalue weighted by Crippen LogP contribution is 2.37. The molecule has 2 aromatic rings. The molecule has 0 atom stereocenters. The number of hydrogen-bond donors (Lipinski definition) is 0. The summed E-state index contributed by atoms with van der Waals surface area (Å²) in [5.41, 5.74) is 1.03. The van der Waals surface area contributed by atoms with Gasteiger partial charge in [-0.05, 0) is 12.0 Å². The molecule has 0 saturated heterocycles. The first-order valence-electron chi connectivity index (χ1n) is 7.24. The lowest BCUT2D eigenvalue weighted by Crippen LogP contribution is -2.44. The number of nitrogens with zero attached hydrogens (tertiary/aromatic N) is 4. The predicted octanol–water partition coefficient (Wildman–Crippen LogP) is 3.71. The SMILES string of the molecule is CN(CCC(F)(F)F)C(=O)N1CCc2c(sc3ncnc(Cl)c23)C1. The monoisotopic (exact) mass is 378 g/mol. The summed E-state index contributed by atoms with van der Waals surface area (Å²) in [5, 5.41) is 1.20. The molecule has 0 N–H and O–H groups in total. The number of thiophene rings is 1. The molecule has 0 radical (unpaired) electrons. The van der Waals surface area contributed by atoms with Crippen molar-refractivity contribution in [3.8, 4) is 0 Å². The Morgan fingerprint density at radius 1 is 1.46 bits per heavy atom. The van der Waals surface area contributed by atoms with E-state index >= 15 is 0 Å². The molecule has 0 fully saturated rings. The van der Waals surface area contributed by atoms with Gasteiger partial charge in [0.15, 0.2) is 0 Å². The number of hydrogen-bond acceptors (Lipinski definition) is 4. The Morgan fingerprint density at radius 3 is 2.92 bits per heavy atom. The highest BCUT2D eigenvalue weighted by molar-refractivity contribution is 7.19. The van der Waals surface area contributed by atoms with E-state index in [1.165, 1.54) is 24.7 Å². The number of fused-ring (bicyclic) bond motifs is 3. The largest absolute Gasteiger partial charge is 0.390 e. The fourth-order valence-corrected chi connectivity index (χ4v) is 4.19. The molecule has 2 aromatic heterocycles. The van der Waals surface area contributed by atoms with Gasteiger partial charge in [0.05, 0.1) is 18.4 Å². The van der Waals surface area contributed by atoms with Crippen LogP contribution in [0.4, 0.5) is 18.0 Å². The van der Waals surface area contributed by atoms with Crippen molar-refractivity contribution in [2.24, 2.45) is 0 Å². The fraction of sp³-hybridized carbons (Fsp3) is 0.500. The van der Waals surface area contributed by atoms with E-state index in [2.05, 4.69) is 9.97 Å². The Hall–Kier alpha value is -1.61. The Balaban J connectivity index is 1.74. The van der Waals surface area contributed by atoms with Crippen molar-refractivity contribution in [1.29, 1.82) is 0 Å². The number of carbonyl (C=O) groups excluding carboxylic acids is 1. The van der Waals surface area contributed by atoms with Crippen LogP contribution in [0.15, 0.2) is 6.33 Å². The summed E-state index contributed by atoms with van der Waals surface area (Å²) >= 11 is 7.57. The van der Waals surface area contributed by atoms with Gasteiger partial charge in [-0.1, -0.05) is 11.6 Å². The number of carbonyl (C=O) groups is 1. The first-order valence-corrected chi connectivity index (χ1v) is 8.43. The number of rotatable bonds is 2. The average molecular weight is 379 g/mol. The Bertz CT molecular complexity index is 779. The van der Waals surface area contributed by atoms with Crippen molar-refractivity contribution in [2.45, 2.75) is 25.6 Å². The molecular weight excluding hydrogens is 365 g/mol. The second-order valence-corrected chi connectivity index (χ2v) is 7.03. The topological polar surface area (TPSA) is 49.3 Å². The lowest BCUT2D eigenvalue weighted by Gasteiger charge is -2.31. The van der Waals surface area contributed by atoms with Crippen LogP contribution in [0, 0.1) is 0 Å². The molecule has 0 spiro atoms. The third kappa shape index (κ3) is 3.41. The summed E-state index contributed by atoms with van der Waals surface area (Å²) < 4.78 is 36.9. The highest BCUT2D eigenvalue weighted by atomic mass is 35.5. The summed E-state index contributed by atoms with van der Waals surface area (Å²) in [5.74, 6) is 0. The van der Waals surface area contributed by atoms with Crippen LogP contribution in [0.3, 0.4) is 0 Å². The quantitative estimate of drug-likeness (QED) is 0.748. The Labute approximate surface area is 145 Å². The van der Waals surface area contributed by atoms with Crippen molar-refractivity contribution in [3.05, 3.63) is 21.9 Å². The lowest BCUT2D eigenvalue weighted by molar-refractivity contribution is -0.136. The van der Waals surface area contributed by atoms with E-state index in [0.29, 0.717) is 24.7 Å². The number of urea groups is 1. The molecule has 5 nitrogen and oxygen atoms in total. The minimum atomic E-state index is -4.27. The smallest absolute Gasteiger partial charge is 0.327 e. The maximum atomic E-state index is 12.3. The third-order valence-electron chi connectivity index (χ3n) is 3.92. The predicted molar refractivity (Wildman–Crippen MR) is 85.2 cm³/mol. The van der Waals surface area contributed by atoms with Crippen LogP contribution in [0.1, 0.15) is 16.9 Å². The number of amides is 2. The Kier molecular flexibility index (Phi) is 4.56. The third-order valence-corrected chi connectivity index (χ3v) is 5.33. The van der Waals surface area contributed by atoms with Crippen LogP contribution in [-0.4, -0.2) is 52.1 Å². The van der Waals surface area contributed by atoms with Gasteiger partial charge in [0.2, 0.25) is 0 Å². The van der Waals surface area contributed by atoms with Gasteiger partial charge in [0.1, 0.15) is 16.3 Å². The molecule has 0 bridgehead atoms. The molecule has 24 heavy (non-hydrogen) atoms. The summed E-state index contributed by atoms with van der Waals surface area (Å²) in [6.07, 6.45) is -3.31. The molecule has 0 aromatic carbocycles. The van der Waals surface area contributed by atoms with Crippen LogP contribution in [0.2, 0.25) is 5.15 Å². The van der Waals surface area contributed by atoms with Crippen LogP contribution >= 0.6 is 22.9 Å². The van der Waals surface area contributed by atoms with Crippen molar-refractivity contribution in [1.82, 2.24) is 19.8 Å². The zero-order valence-electron chi connectivity index (χ0n) is 12.7. The number of aromatic nitrogens is 2. The van der Waals surface area contributed by atoms with E-state index in [0.717, 1.165) is 25.6 Å². The Morgan fingerprint density at radius 2 is 2.21 bits per heavy atom. The maximum absolute atomic E-state index is 12.3. The van der Waals surface area contributed by atoms with Gasteiger partial charge in [-0.15, -0.1) is 11.3 Å². The molecule has 10 heteroatoms. The normalized spacial score (nSPS) is 14.8. The van der Waals surface area contributed by atoms with E-state index in [1.54, 1.807) is 4.90 Å². The van der Waals surface area contributed by atoms with Gasteiger partial charge in [-0.25, -0.2) is 14.8 Å². The second-order valence-electron chi connectivity index (χ2n) is 5.59. The van der Waals surface area contributed by atoms with E-state index in [4.69, 9.17) is 11.6 Å². The summed E-state index contributed by atoms with van der Waals surface area (Å²) in [4.78, 5) is 24.9. The van der Waals surface area contributed by atoms with E-state index in [1.807, 2.05) is 0 Å². The minimum Gasteiger partial charge on any atom is -0.327 e. The van der Waals surface area contributed by atoms with Gasteiger partial charge in [-0.3, -0.25) is 0 Å². The number of halogens is 4. The summed E-state index contributed by atoms with van der Waals surface area (Å²) in [7, 11) is 1.39.